The summed E-state index contributed by atoms with van der Waals surface area (Å²) in [5, 5.41) is 18.7. The maximum Gasteiger partial charge on any atom is 0.328 e. The van der Waals surface area contributed by atoms with Gasteiger partial charge in [0.1, 0.15) is 0 Å². The number of nitro groups is 1. The third-order valence-corrected chi connectivity index (χ3v) is 1.59. The lowest BCUT2D eigenvalue weighted by molar-refractivity contribution is -0.387. The molecule has 1 aromatic rings. The Balaban J connectivity index is 3.08. The molecule has 0 saturated heterocycles. The topological polar surface area (TPSA) is 80.4 Å². The summed E-state index contributed by atoms with van der Waals surface area (Å²) < 4.78 is 12.8. The predicted molar refractivity (Wildman–Crippen MR) is 49.7 cm³/mol. The van der Waals surface area contributed by atoms with Crippen LogP contribution in [-0.2, 0) is 4.79 Å². The van der Waals surface area contributed by atoms with Crippen molar-refractivity contribution >= 4 is 17.7 Å². The van der Waals surface area contributed by atoms with Crippen LogP contribution < -0.4 is 0 Å². The molecule has 0 unspecified atom stereocenters. The van der Waals surface area contributed by atoms with Crippen molar-refractivity contribution in [2.75, 3.05) is 0 Å². The Morgan fingerprint density at radius 3 is 2.73 bits per heavy atom. The largest absolute Gasteiger partial charge is 0.478 e. The van der Waals surface area contributed by atoms with E-state index in [0.29, 0.717) is 0 Å². The van der Waals surface area contributed by atoms with Gasteiger partial charge in [-0.25, -0.2) is 4.79 Å². The van der Waals surface area contributed by atoms with E-state index in [1.54, 1.807) is 0 Å². The summed E-state index contributed by atoms with van der Waals surface area (Å²) in [6.07, 6.45) is 1.96. The van der Waals surface area contributed by atoms with E-state index in [2.05, 4.69) is 0 Å². The molecule has 1 rings (SSSR count). The molecule has 5 nitrogen and oxygen atoms in total. The summed E-state index contributed by atoms with van der Waals surface area (Å²) in [4.78, 5) is 19.6. The Labute approximate surface area is 83.6 Å². The smallest absolute Gasteiger partial charge is 0.328 e. The zero-order valence-electron chi connectivity index (χ0n) is 7.38. The highest BCUT2D eigenvalue weighted by atomic mass is 19.1. The molecule has 0 bridgehead atoms. The molecule has 0 aliphatic rings. The molecule has 1 N–H and O–H groups in total. The van der Waals surface area contributed by atoms with Crippen LogP contribution in [0.2, 0.25) is 0 Å². The van der Waals surface area contributed by atoms with E-state index in [1.807, 2.05) is 0 Å². The van der Waals surface area contributed by atoms with E-state index in [0.717, 1.165) is 24.3 Å². The van der Waals surface area contributed by atoms with Crippen LogP contribution in [0.15, 0.2) is 24.3 Å². The van der Waals surface area contributed by atoms with Crippen LogP contribution in [0, 0.1) is 15.9 Å². The third kappa shape index (κ3) is 2.87. The summed E-state index contributed by atoms with van der Waals surface area (Å²) in [7, 11) is 0. The minimum absolute atomic E-state index is 0.255. The molecule has 6 heteroatoms. The highest BCUT2D eigenvalue weighted by Gasteiger charge is 2.13. The molecule has 0 aliphatic carbocycles. The molecule has 0 fully saturated rings. The van der Waals surface area contributed by atoms with Crippen molar-refractivity contribution in [3.63, 3.8) is 0 Å². The van der Waals surface area contributed by atoms with Crippen LogP contribution >= 0.6 is 0 Å². The van der Waals surface area contributed by atoms with Gasteiger partial charge >= 0.3 is 11.7 Å². The minimum atomic E-state index is -1.18. The maximum absolute atomic E-state index is 12.8. The maximum atomic E-state index is 12.8. The van der Waals surface area contributed by atoms with Gasteiger partial charge in [0.2, 0.25) is 5.82 Å². The van der Waals surface area contributed by atoms with Crippen molar-refractivity contribution < 1.29 is 19.2 Å². The summed E-state index contributed by atoms with van der Waals surface area (Å²) in [6, 6.07) is 3.14. The standard InChI is InChI=1S/C9H6FNO4/c10-7-3-1-6(2-4-9(12)13)5-8(7)11(14)15/h1-5H,(H,12,13)/b4-2+. The fourth-order valence-corrected chi connectivity index (χ4v) is 0.941. The second-order valence-electron chi connectivity index (χ2n) is 2.64. The van der Waals surface area contributed by atoms with Gasteiger partial charge in [-0.2, -0.15) is 4.39 Å². The van der Waals surface area contributed by atoms with Crippen LogP contribution in [0.1, 0.15) is 5.56 Å². The van der Waals surface area contributed by atoms with Gasteiger partial charge in [0.05, 0.1) is 4.92 Å². The first kappa shape index (κ1) is 10.8. The normalized spacial score (nSPS) is 10.5. The zero-order chi connectivity index (χ0) is 11.4. The molecule has 0 atom stereocenters. The molecule has 15 heavy (non-hydrogen) atoms. The Hall–Kier alpha value is -2.24. The van der Waals surface area contributed by atoms with Gasteiger partial charge in [0, 0.05) is 12.1 Å². The Bertz CT molecular complexity index is 442. The van der Waals surface area contributed by atoms with Crippen molar-refractivity contribution in [3.05, 3.63) is 45.8 Å². The van der Waals surface area contributed by atoms with Gasteiger partial charge in [-0.3, -0.25) is 10.1 Å². The van der Waals surface area contributed by atoms with Crippen molar-refractivity contribution in [3.8, 4) is 0 Å². The summed E-state index contributed by atoms with van der Waals surface area (Å²) in [6.45, 7) is 0. The number of benzene rings is 1. The lowest BCUT2D eigenvalue weighted by Crippen LogP contribution is -1.93. The van der Waals surface area contributed by atoms with E-state index in [9.17, 15) is 19.3 Å². The van der Waals surface area contributed by atoms with E-state index in [-0.39, 0.29) is 5.56 Å². The summed E-state index contributed by atoms with van der Waals surface area (Å²) >= 11 is 0. The Morgan fingerprint density at radius 2 is 2.20 bits per heavy atom. The number of aliphatic carboxylic acids is 1. The molecule has 78 valence electrons. The van der Waals surface area contributed by atoms with E-state index in [4.69, 9.17) is 5.11 Å². The van der Waals surface area contributed by atoms with Crippen molar-refractivity contribution in [2.24, 2.45) is 0 Å². The number of rotatable bonds is 3. The fraction of sp³-hybridized carbons (Fsp3) is 0. The van der Waals surface area contributed by atoms with Gasteiger partial charge in [0.15, 0.2) is 0 Å². The first-order valence-corrected chi connectivity index (χ1v) is 3.85. The van der Waals surface area contributed by atoms with E-state index in [1.165, 1.54) is 6.07 Å². The van der Waals surface area contributed by atoms with Crippen LogP contribution in [0.5, 0.6) is 0 Å². The summed E-state index contributed by atoms with van der Waals surface area (Å²) in [5.74, 6) is -2.13. The zero-order valence-corrected chi connectivity index (χ0v) is 7.38. The monoisotopic (exact) mass is 211 g/mol. The lowest BCUT2D eigenvalue weighted by Gasteiger charge is -1.95. The molecule has 0 radical (unpaired) electrons. The first-order chi connectivity index (χ1) is 7.00. The molecular weight excluding hydrogens is 205 g/mol. The number of nitrogens with zero attached hydrogens (tertiary/aromatic N) is 1. The number of hydrogen-bond donors (Lipinski definition) is 1. The highest BCUT2D eigenvalue weighted by Crippen LogP contribution is 2.19. The first-order valence-electron chi connectivity index (χ1n) is 3.85. The predicted octanol–water partition coefficient (Wildman–Crippen LogP) is 1.83. The molecule has 0 amide bonds. The molecule has 0 aliphatic heterocycles. The van der Waals surface area contributed by atoms with Crippen molar-refractivity contribution in [2.45, 2.75) is 0 Å². The van der Waals surface area contributed by atoms with Gasteiger partial charge in [-0.1, -0.05) is 6.07 Å². The molecule has 0 saturated carbocycles. The van der Waals surface area contributed by atoms with Crippen molar-refractivity contribution in [1.29, 1.82) is 0 Å². The number of carbonyl (C=O) groups is 1. The van der Waals surface area contributed by atoms with Crippen LogP contribution in [-0.4, -0.2) is 16.0 Å². The quantitative estimate of drug-likeness (QED) is 0.469. The van der Waals surface area contributed by atoms with E-state index >= 15 is 0 Å². The molecule has 1 aromatic carbocycles. The van der Waals surface area contributed by atoms with E-state index < -0.39 is 22.4 Å². The van der Waals surface area contributed by atoms with Gasteiger partial charge in [-0.05, 0) is 17.7 Å². The van der Waals surface area contributed by atoms with Crippen molar-refractivity contribution in [1.82, 2.24) is 0 Å². The minimum Gasteiger partial charge on any atom is -0.478 e. The van der Waals surface area contributed by atoms with Gasteiger partial charge in [0.25, 0.3) is 0 Å². The van der Waals surface area contributed by atoms with Crippen LogP contribution in [0.25, 0.3) is 6.08 Å². The molecular formula is C9H6FNO4. The Kier molecular flexibility index (Phi) is 3.12. The Morgan fingerprint density at radius 1 is 1.53 bits per heavy atom. The van der Waals surface area contributed by atoms with Gasteiger partial charge in [-0.15, -0.1) is 0 Å². The van der Waals surface area contributed by atoms with Crippen LogP contribution in [0.4, 0.5) is 10.1 Å². The fourth-order valence-electron chi connectivity index (χ4n) is 0.941. The van der Waals surface area contributed by atoms with Gasteiger partial charge < -0.3 is 5.11 Å². The highest BCUT2D eigenvalue weighted by molar-refractivity contribution is 5.85. The lowest BCUT2D eigenvalue weighted by atomic mass is 10.2. The second-order valence-corrected chi connectivity index (χ2v) is 2.64. The number of carboxylic acids is 1. The molecule has 0 heterocycles. The SMILES string of the molecule is O=C(O)/C=C/c1ccc(F)c([N+](=O)[O-])c1. The number of halogens is 1. The molecule has 0 spiro atoms. The third-order valence-electron chi connectivity index (χ3n) is 1.59. The second kappa shape index (κ2) is 4.32. The number of carboxylic acid groups (broad SMARTS) is 1. The average Bonchev–Trinajstić information content (AvgIpc) is 2.16. The summed E-state index contributed by atoms with van der Waals surface area (Å²) in [5.41, 5.74) is -0.423. The van der Waals surface area contributed by atoms with Crippen LogP contribution in [0.3, 0.4) is 0 Å². The average molecular weight is 211 g/mol. The number of hydrogen-bond acceptors (Lipinski definition) is 3. The molecule has 0 aromatic heterocycles. The number of nitro benzene ring substituents is 1.